The van der Waals surface area contributed by atoms with E-state index >= 15 is 0 Å². The monoisotopic (exact) mass is 410 g/mol. The first-order chi connectivity index (χ1) is 14.8. The van der Waals surface area contributed by atoms with E-state index in [9.17, 15) is 4.79 Å². The van der Waals surface area contributed by atoms with Crippen LogP contribution in [0.5, 0.6) is 5.75 Å². The molecule has 2 fully saturated rings. The first-order valence-corrected chi connectivity index (χ1v) is 10.8. The highest BCUT2D eigenvalue weighted by Crippen LogP contribution is 2.22. The van der Waals surface area contributed by atoms with Crippen molar-refractivity contribution in [3.8, 4) is 5.75 Å². The van der Waals surface area contributed by atoms with Crippen LogP contribution in [0.4, 0.5) is 5.82 Å². The molecule has 2 saturated heterocycles. The number of piperidine rings is 1. The number of benzene rings is 1. The minimum Gasteiger partial charge on any atom is -0.492 e. The van der Waals surface area contributed by atoms with E-state index in [0.29, 0.717) is 24.8 Å². The van der Waals surface area contributed by atoms with Crippen molar-refractivity contribution in [1.29, 1.82) is 0 Å². The summed E-state index contributed by atoms with van der Waals surface area (Å²) in [5, 5.41) is 2.92. The zero-order chi connectivity index (χ0) is 20.6. The number of ether oxygens (including phenoxy) is 2. The minimum absolute atomic E-state index is 0.0986. The summed E-state index contributed by atoms with van der Waals surface area (Å²) in [5.41, 5.74) is 0.634. The number of morpholine rings is 1. The summed E-state index contributed by atoms with van der Waals surface area (Å²) in [6, 6.07) is 13.9. The molecule has 30 heavy (non-hydrogen) atoms. The lowest BCUT2D eigenvalue weighted by Gasteiger charge is -2.40. The molecule has 3 heterocycles. The second-order valence-electron chi connectivity index (χ2n) is 7.69. The van der Waals surface area contributed by atoms with Crippen molar-refractivity contribution in [1.82, 2.24) is 15.2 Å². The van der Waals surface area contributed by atoms with Crippen molar-refractivity contribution in [2.24, 2.45) is 0 Å². The van der Waals surface area contributed by atoms with E-state index < -0.39 is 0 Å². The molecule has 1 aromatic heterocycles. The predicted molar refractivity (Wildman–Crippen MR) is 116 cm³/mol. The summed E-state index contributed by atoms with van der Waals surface area (Å²) in [4.78, 5) is 21.9. The van der Waals surface area contributed by atoms with E-state index in [2.05, 4.69) is 20.1 Å². The Morgan fingerprint density at radius 2 is 1.87 bits per heavy atom. The second-order valence-corrected chi connectivity index (χ2v) is 7.69. The standard InChI is InChI=1S/C23H30N4O3/c28-23(25-10-15-30-21-4-2-1-3-5-21)19-6-9-24-22(18-19)27-11-7-20(8-12-27)26-13-16-29-17-14-26/h1-6,9,18,20H,7-8,10-17H2,(H,25,28). The first kappa shape index (κ1) is 20.6. The van der Waals surface area contributed by atoms with Gasteiger partial charge in [0, 0.05) is 44.0 Å². The van der Waals surface area contributed by atoms with Crippen LogP contribution in [0.15, 0.2) is 48.7 Å². The third-order valence-electron chi connectivity index (χ3n) is 5.76. The topological polar surface area (TPSA) is 66.9 Å². The summed E-state index contributed by atoms with van der Waals surface area (Å²) in [6.07, 6.45) is 3.96. The molecule has 7 nitrogen and oxygen atoms in total. The van der Waals surface area contributed by atoms with E-state index in [-0.39, 0.29) is 5.91 Å². The van der Waals surface area contributed by atoms with Crippen LogP contribution in [0.2, 0.25) is 0 Å². The summed E-state index contributed by atoms with van der Waals surface area (Å²) >= 11 is 0. The molecule has 160 valence electrons. The molecule has 0 saturated carbocycles. The minimum atomic E-state index is -0.0986. The van der Waals surface area contributed by atoms with Crippen molar-refractivity contribution >= 4 is 11.7 Å². The van der Waals surface area contributed by atoms with E-state index in [4.69, 9.17) is 9.47 Å². The van der Waals surface area contributed by atoms with Crippen molar-refractivity contribution in [3.05, 3.63) is 54.2 Å². The predicted octanol–water partition coefficient (Wildman–Crippen LogP) is 2.19. The average Bonchev–Trinajstić information content (AvgIpc) is 2.83. The Balaban J connectivity index is 1.24. The maximum Gasteiger partial charge on any atom is 0.251 e. The van der Waals surface area contributed by atoms with Gasteiger partial charge in [0.15, 0.2) is 0 Å². The number of amides is 1. The highest BCUT2D eigenvalue weighted by molar-refractivity contribution is 5.94. The molecule has 0 radical (unpaired) electrons. The van der Waals surface area contributed by atoms with Gasteiger partial charge in [-0.05, 0) is 37.1 Å². The molecule has 2 aliphatic heterocycles. The van der Waals surface area contributed by atoms with Crippen LogP contribution in [-0.4, -0.2) is 74.4 Å². The average molecular weight is 411 g/mol. The number of nitrogens with one attached hydrogen (secondary N) is 1. The number of pyridine rings is 1. The van der Waals surface area contributed by atoms with Gasteiger partial charge in [0.2, 0.25) is 0 Å². The molecule has 0 bridgehead atoms. The van der Waals surface area contributed by atoms with Crippen LogP contribution in [0.3, 0.4) is 0 Å². The van der Waals surface area contributed by atoms with Crippen molar-refractivity contribution in [3.63, 3.8) is 0 Å². The SMILES string of the molecule is O=C(NCCOc1ccccc1)c1ccnc(N2CCC(N3CCOCC3)CC2)c1. The molecule has 0 spiro atoms. The summed E-state index contributed by atoms with van der Waals surface area (Å²) in [7, 11) is 0. The lowest BCUT2D eigenvalue weighted by Crippen LogP contribution is -2.49. The Morgan fingerprint density at radius 1 is 1.10 bits per heavy atom. The van der Waals surface area contributed by atoms with E-state index in [0.717, 1.165) is 63.8 Å². The largest absolute Gasteiger partial charge is 0.492 e. The van der Waals surface area contributed by atoms with Gasteiger partial charge in [-0.2, -0.15) is 0 Å². The number of hydrogen-bond donors (Lipinski definition) is 1. The lowest BCUT2D eigenvalue weighted by atomic mass is 10.0. The highest BCUT2D eigenvalue weighted by Gasteiger charge is 2.26. The molecular weight excluding hydrogens is 380 g/mol. The number of nitrogens with zero attached hydrogens (tertiary/aromatic N) is 3. The quantitative estimate of drug-likeness (QED) is 0.706. The van der Waals surface area contributed by atoms with Crippen molar-refractivity contribution in [2.75, 3.05) is 57.4 Å². The number of hydrogen-bond acceptors (Lipinski definition) is 6. The molecule has 0 aliphatic carbocycles. The molecule has 7 heteroatoms. The molecule has 0 atom stereocenters. The maximum absolute atomic E-state index is 12.5. The van der Waals surface area contributed by atoms with Gasteiger partial charge < -0.3 is 19.7 Å². The highest BCUT2D eigenvalue weighted by atomic mass is 16.5. The number of aromatic nitrogens is 1. The van der Waals surface area contributed by atoms with Crippen LogP contribution < -0.4 is 15.0 Å². The zero-order valence-electron chi connectivity index (χ0n) is 17.3. The Kier molecular flexibility index (Phi) is 7.16. The van der Waals surface area contributed by atoms with Crippen molar-refractivity contribution in [2.45, 2.75) is 18.9 Å². The van der Waals surface area contributed by atoms with Gasteiger partial charge in [-0.1, -0.05) is 18.2 Å². The number of carbonyl (C=O) groups excluding carboxylic acids is 1. The van der Waals surface area contributed by atoms with Crippen LogP contribution >= 0.6 is 0 Å². The van der Waals surface area contributed by atoms with Gasteiger partial charge in [0.25, 0.3) is 5.91 Å². The van der Waals surface area contributed by atoms with Gasteiger partial charge in [-0.15, -0.1) is 0 Å². The normalized spacial score (nSPS) is 18.2. The summed E-state index contributed by atoms with van der Waals surface area (Å²) in [6.45, 7) is 6.57. The maximum atomic E-state index is 12.5. The molecule has 1 aromatic carbocycles. The molecule has 4 rings (SSSR count). The molecule has 1 amide bonds. The second kappa shape index (κ2) is 10.4. The van der Waals surface area contributed by atoms with Crippen molar-refractivity contribution < 1.29 is 14.3 Å². The first-order valence-electron chi connectivity index (χ1n) is 10.8. The molecule has 2 aromatic rings. The number of rotatable bonds is 7. The fourth-order valence-corrected chi connectivity index (χ4v) is 4.09. The number of carbonyl (C=O) groups is 1. The van der Waals surface area contributed by atoms with Gasteiger partial charge in [-0.3, -0.25) is 9.69 Å². The number of para-hydroxylation sites is 1. The van der Waals surface area contributed by atoms with Crippen LogP contribution in [0, 0.1) is 0 Å². The van der Waals surface area contributed by atoms with Gasteiger partial charge in [-0.25, -0.2) is 4.98 Å². The molecule has 1 N–H and O–H groups in total. The van der Waals surface area contributed by atoms with E-state index in [1.165, 1.54) is 0 Å². The fourth-order valence-electron chi connectivity index (χ4n) is 4.09. The van der Waals surface area contributed by atoms with Gasteiger partial charge >= 0.3 is 0 Å². The van der Waals surface area contributed by atoms with Crippen LogP contribution in [0.1, 0.15) is 23.2 Å². The van der Waals surface area contributed by atoms with Gasteiger partial charge in [0.05, 0.1) is 19.8 Å². The van der Waals surface area contributed by atoms with E-state index in [1.54, 1.807) is 12.3 Å². The lowest BCUT2D eigenvalue weighted by molar-refractivity contribution is 0.0115. The Morgan fingerprint density at radius 3 is 2.63 bits per heavy atom. The Hall–Kier alpha value is -2.64. The number of anilines is 1. The molecular formula is C23H30N4O3. The fraction of sp³-hybridized carbons (Fsp3) is 0.478. The zero-order valence-corrected chi connectivity index (χ0v) is 17.3. The van der Waals surface area contributed by atoms with E-state index in [1.807, 2.05) is 36.4 Å². The molecule has 2 aliphatic rings. The third-order valence-corrected chi connectivity index (χ3v) is 5.76. The van der Waals surface area contributed by atoms with Crippen LogP contribution in [0.25, 0.3) is 0 Å². The summed E-state index contributed by atoms with van der Waals surface area (Å²) < 4.78 is 11.1. The Labute approximate surface area is 178 Å². The molecule has 0 unspecified atom stereocenters. The summed E-state index contributed by atoms with van der Waals surface area (Å²) in [5.74, 6) is 1.58. The Bertz CT molecular complexity index is 803. The van der Waals surface area contributed by atoms with Gasteiger partial charge in [0.1, 0.15) is 18.2 Å². The smallest absolute Gasteiger partial charge is 0.251 e. The van der Waals surface area contributed by atoms with Crippen LogP contribution in [-0.2, 0) is 4.74 Å². The third kappa shape index (κ3) is 5.49.